The number of carbonyl (C=O) groups excluding carboxylic acids is 2. The Morgan fingerprint density at radius 2 is 2.14 bits per heavy atom. The summed E-state index contributed by atoms with van der Waals surface area (Å²) in [4.78, 5) is 32.2. The number of rotatable bonds is 6. The Labute approximate surface area is 124 Å². The number of esters is 1. The number of non-ortho nitro benzene ring substituents is 1. The normalized spacial score (nSPS) is 10.0. The van der Waals surface area contributed by atoms with Crippen molar-refractivity contribution < 1.29 is 28.4 Å². The summed E-state index contributed by atoms with van der Waals surface area (Å²) in [6, 6.07) is 6.62. The van der Waals surface area contributed by atoms with Crippen LogP contribution in [0.4, 0.5) is 5.69 Å². The van der Waals surface area contributed by atoms with Gasteiger partial charge in [0.05, 0.1) is 17.6 Å². The smallest absolute Gasteiger partial charge is 0.373 e. The molecule has 8 nitrogen and oxygen atoms in total. The van der Waals surface area contributed by atoms with Crippen molar-refractivity contribution in [3.8, 4) is 5.75 Å². The standard InChI is InChI=1S/C14H11NO7/c1-20-14(17)13-5-3-11(22-13)8-21-12-4-2-10(15(18)19)6-9(12)7-16/h2-7H,8H2,1H3. The van der Waals surface area contributed by atoms with Crippen LogP contribution in [-0.4, -0.2) is 24.3 Å². The summed E-state index contributed by atoms with van der Waals surface area (Å²) in [6.45, 7) is -0.0460. The Morgan fingerprint density at radius 1 is 1.36 bits per heavy atom. The second kappa shape index (κ2) is 6.53. The lowest BCUT2D eigenvalue weighted by molar-refractivity contribution is -0.384. The monoisotopic (exact) mass is 305 g/mol. The lowest BCUT2D eigenvalue weighted by Gasteiger charge is -2.06. The molecule has 0 aliphatic heterocycles. The van der Waals surface area contributed by atoms with E-state index in [4.69, 9.17) is 9.15 Å². The minimum Gasteiger partial charge on any atom is -0.485 e. The summed E-state index contributed by atoms with van der Waals surface area (Å²) < 4.78 is 15.1. The van der Waals surface area contributed by atoms with Crippen molar-refractivity contribution >= 4 is 17.9 Å². The Morgan fingerprint density at radius 3 is 2.77 bits per heavy atom. The molecule has 0 saturated carbocycles. The van der Waals surface area contributed by atoms with Gasteiger partial charge in [0, 0.05) is 12.1 Å². The maximum Gasteiger partial charge on any atom is 0.373 e. The van der Waals surface area contributed by atoms with Gasteiger partial charge in [0.25, 0.3) is 5.69 Å². The first-order valence-electron chi connectivity index (χ1n) is 6.08. The molecular formula is C14H11NO7. The summed E-state index contributed by atoms with van der Waals surface area (Å²) in [5.74, 6) is -0.0669. The predicted molar refractivity (Wildman–Crippen MR) is 72.9 cm³/mol. The van der Waals surface area contributed by atoms with Gasteiger partial charge in [-0.3, -0.25) is 14.9 Å². The first kappa shape index (κ1) is 15.2. The molecule has 114 valence electrons. The SMILES string of the molecule is COC(=O)c1ccc(COc2ccc([N+](=O)[O-])cc2C=O)o1. The van der Waals surface area contributed by atoms with Crippen LogP contribution in [0.3, 0.4) is 0 Å². The molecular weight excluding hydrogens is 294 g/mol. The first-order valence-corrected chi connectivity index (χ1v) is 6.08. The highest BCUT2D eigenvalue weighted by atomic mass is 16.6. The summed E-state index contributed by atoms with van der Waals surface area (Å²) in [6.07, 6.45) is 0.463. The number of benzene rings is 1. The maximum absolute atomic E-state index is 11.2. The molecule has 1 aromatic carbocycles. The predicted octanol–water partition coefficient (Wildman–Crippen LogP) is 2.37. The van der Waals surface area contributed by atoms with E-state index in [2.05, 4.69) is 4.74 Å². The number of nitro groups is 1. The zero-order chi connectivity index (χ0) is 16.1. The van der Waals surface area contributed by atoms with Gasteiger partial charge < -0.3 is 13.9 Å². The molecule has 0 atom stereocenters. The van der Waals surface area contributed by atoms with E-state index in [9.17, 15) is 19.7 Å². The number of methoxy groups -OCH3 is 1. The van der Waals surface area contributed by atoms with E-state index in [1.54, 1.807) is 0 Å². The molecule has 0 amide bonds. The van der Waals surface area contributed by atoms with Crippen molar-refractivity contribution in [2.75, 3.05) is 7.11 Å². The lowest BCUT2D eigenvalue weighted by Crippen LogP contribution is -2.00. The molecule has 2 rings (SSSR count). The zero-order valence-corrected chi connectivity index (χ0v) is 11.5. The molecule has 22 heavy (non-hydrogen) atoms. The Hall–Kier alpha value is -3.16. The molecule has 8 heteroatoms. The van der Waals surface area contributed by atoms with Gasteiger partial charge in [0.15, 0.2) is 6.29 Å². The second-order valence-electron chi connectivity index (χ2n) is 4.14. The summed E-state index contributed by atoms with van der Waals surface area (Å²) in [7, 11) is 1.23. The molecule has 0 saturated heterocycles. The fraction of sp³-hybridized carbons (Fsp3) is 0.143. The third-order valence-corrected chi connectivity index (χ3v) is 2.75. The van der Waals surface area contributed by atoms with E-state index in [1.807, 2.05) is 0 Å². The number of hydrogen-bond acceptors (Lipinski definition) is 7. The van der Waals surface area contributed by atoms with Crippen LogP contribution < -0.4 is 4.74 Å². The van der Waals surface area contributed by atoms with Gasteiger partial charge in [-0.25, -0.2) is 4.79 Å². The van der Waals surface area contributed by atoms with Crippen LogP contribution in [0.15, 0.2) is 34.7 Å². The van der Waals surface area contributed by atoms with E-state index in [1.165, 1.54) is 31.4 Å². The highest BCUT2D eigenvalue weighted by molar-refractivity contribution is 5.86. The van der Waals surface area contributed by atoms with E-state index < -0.39 is 10.9 Å². The van der Waals surface area contributed by atoms with Gasteiger partial charge in [-0.15, -0.1) is 0 Å². The Balaban J connectivity index is 2.11. The van der Waals surface area contributed by atoms with Crippen LogP contribution in [0.1, 0.15) is 26.7 Å². The number of furan rings is 1. The van der Waals surface area contributed by atoms with E-state index in [0.29, 0.717) is 12.0 Å². The highest BCUT2D eigenvalue weighted by Gasteiger charge is 2.14. The van der Waals surface area contributed by atoms with Crippen molar-refractivity contribution in [3.05, 3.63) is 57.5 Å². The van der Waals surface area contributed by atoms with E-state index in [0.717, 1.165) is 6.07 Å². The number of aldehydes is 1. The van der Waals surface area contributed by atoms with E-state index in [-0.39, 0.29) is 29.4 Å². The second-order valence-corrected chi connectivity index (χ2v) is 4.14. The molecule has 0 spiro atoms. The van der Waals surface area contributed by atoms with Crippen molar-refractivity contribution in [2.24, 2.45) is 0 Å². The van der Waals surface area contributed by atoms with Crippen LogP contribution in [0.25, 0.3) is 0 Å². The number of nitrogens with zero attached hydrogens (tertiary/aromatic N) is 1. The summed E-state index contributed by atoms with van der Waals surface area (Å²) >= 11 is 0. The molecule has 1 heterocycles. The minimum absolute atomic E-state index is 0.0282. The quantitative estimate of drug-likeness (QED) is 0.349. The molecule has 0 N–H and O–H groups in total. The Bertz CT molecular complexity index is 720. The molecule has 0 aliphatic carbocycles. The number of carbonyl (C=O) groups is 2. The largest absolute Gasteiger partial charge is 0.485 e. The number of hydrogen-bond donors (Lipinski definition) is 0. The molecule has 2 aromatic rings. The van der Waals surface area contributed by atoms with Crippen molar-refractivity contribution in [1.29, 1.82) is 0 Å². The van der Waals surface area contributed by atoms with Crippen LogP contribution in [0.2, 0.25) is 0 Å². The average molecular weight is 305 g/mol. The van der Waals surface area contributed by atoms with Crippen LogP contribution in [-0.2, 0) is 11.3 Å². The molecule has 0 fully saturated rings. The Kier molecular flexibility index (Phi) is 4.52. The molecule has 0 bridgehead atoms. The van der Waals surface area contributed by atoms with Crippen LogP contribution >= 0.6 is 0 Å². The molecule has 0 radical (unpaired) electrons. The maximum atomic E-state index is 11.2. The van der Waals surface area contributed by atoms with Gasteiger partial charge in [-0.2, -0.15) is 0 Å². The fourth-order valence-corrected chi connectivity index (χ4v) is 1.69. The van der Waals surface area contributed by atoms with Crippen LogP contribution in [0, 0.1) is 10.1 Å². The van der Waals surface area contributed by atoms with E-state index >= 15 is 0 Å². The van der Waals surface area contributed by atoms with Crippen molar-refractivity contribution in [3.63, 3.8) is 0 Å². The molecule has 0 aliphatic rings. The average Bonchev–Trinajstić information content (AvgIpc) is 3.00. The molecule has 1 aromatic heterocycles. The first-order chi connectivity index (χ1) is 10.5. The van der Waals surface area contributed by atoms with Crippen LogP contribution in [0.5, 0.6) is 5.75 Å². The van der Waals surface area contributed by atoms with Gasteiger partial charge in [-0.1, -0.05) is 0 Å². The van der Waals surface area contributed by atoms with Gasteiger partial charge in [0.1, 0.15) is 18.1 Å². The third-order valence-electron chi connectivity index (χ3n) is 2.75. The van der Waals surface area contributed by atoms with Gasteiger partial charge in [-0.05, 0) is 18.2 Å². The number of nitro benzene ring substituents is 1. The summed E-state index contributed by atoms with van der Waals surface area (Å²) in [5, 5.41) is 10.6. The lowest BCUT2D eigenvalue weighted by atomic mass is 10.2. The van der Waals surface area contributed by atoms with Crippen molar-refractivity contribution in [2.45, 2.75) is 6.61 Å². The number of ether oxygens (including phenoxy) is 2. The topological polar surface area (TPSA) is 109 Å². The van der Waals surface area contributed by atoms with Gasteiger partial charge in [0.2, 0.25) is 5.76 Å². The third kappa shape index (κ3) is 3.29. The van der Waals surface area contributed by atoms with Gasteiger partial charge >= 0.3 is 5.97 Å². The highest BCUT2D eigenvalue weighted by Crippen LogP contribution is 2.24. The minimum atomic E-state index is -0.616. The molecule has 0 unspecified atom stereocenters. The summed E-state index contributed by atoms with van der Waals surface area (Å²) in [5.41, 5.74) is -0.158. The zero-order valence-electron chi connectivity index (χ0n) is 11.5. The van der Waals surface area contributed by atoms with Crippen molar-refractivity contribution in [1.82, 2.24) is 0 Å². The fourth-order valence-electron chi connectivity index (χ4n) is 1.69.